The normalized spacial score (nSPS) is 18.1. The zero-order valence-corrected chi connectivity index (χ0v) is 15.8. The fourth-order valence-electron chi connectivity index (χ4n) is 3.31. The maximum Gasteiger partial charge on any atom is 0.177 e. The van der Waals surface area contributed by atoms with Gasteiger partial charge in [-0.15, -0.1) is 10.2 Å². The molecular formula is C20H18N6S. The molecule has 0 amide bonds. The van der Waals surface area contributed by atoms with Crippen LogP contribution in [0.4, 0.5) is 0 Å². The third-order valence-corrected chi connectivity index (χ3v) is 5.86. The summed E-state index contributed by atoms with van der Waals surface area (Å²) in [5.41, 5.74) is 3.85. The van der Waals surface area contributed by atoms with Gasteiger partial charge in [-0.2, -0.15) is 9.61 Å². The first-order valence-electron chi connectivity index (χ1n) is 8.90. The minimum absolute atomic E-state index is 0.0645. The predicted octanol–water partition coefficient (Wildman–Crippen LogP) is 3.81. The van der Waals surface area contributed by atoms with E-state index in [-0.39, 0.29) is 5.92 Å². The predicted molar refractivity (Wildman–Crippen MR) is 108 cm³/mol. The molecule has 2 unspecified atom stereocenters. The lowest BCUT2D eigenvalue weighted by Gasteiger charge is -2.11. The highest BCUT2D eigenvalue weighted by Gasteiger charge is 2.19. The Balaban J connectivity index is 1.57. The van der Waals surface area contributed by atoms with E-state index < -0.39 is 0 Å². The van der Waals surface area contributed by atoms with Gasteiger partial charge < -0.3 is 0 Å². The van der Waals surface area contributed by atoms with Crippen LogP contribution in [0.1, 0.15) is 36.8 Å². The van der Waals surface area contributed by atoms with Gasteiger partial charge >= 0.3 is 0 Å². The van der Waals surface area contributed by atoms with Crippen molar-refractivity contribution in [2.45, 2.75) is 25.8 Å². The van der Waals surface area contributed by atoms with Gasteiger partial charge in [0.15, 0.2) is 11.5 Å². The molecule has 5 rings (SSSR count). The van der Waals surface area contributed by atoms with Crippen LogP contribution in [0, 0.1) is 0 Å². The van der Waals surface area contributed by atoms with E-state index in [9.17, 15) is 0 Å². The van der Waals surface area contributed by atoms with Gasteiger partial charge in [0.2, 0.25) is 0 Å². The second kappa shape index (κ2) is 6.44. The molecule has 0 fully saturated rings. The monoisotopic (exact) mass is 374 g/mol. The minimum atomic E-state index is 0.0645. The van der Waals surface area contributed by atoms with Crippen molar-refractivity contribution in [2.75, 3.05) is 0 Å². The molecule has 0 saturated carbocycles. The topological polar surface area (TPSA) is 68.0 Å². The van der Waals surface area contributed by atoms with Crippen molar-refractivity contribution < 1.29 is 0 Å². The van der Waals surface area contributed by atoms with Crippen LogP contribution >= 0.6 is 11.9 Å². The maximum atomic E-state index is 4.81. The Labute approximate surface area is 160 Å². The summed E-state index contributed by atoms with van der Waals surface area (Å²) in [6.07, 6.45) is 4.00. The molecule has 3 aromatic heterocycles. The van der Waals surface area contributed by atoms with E-state index in [4.69, 9.17) is 5.10 Å². The molecule has 134 valence electrons. The fourth-order valence-corrected chi connectivity index (χ4v) is 4.18. The summed E-state index contributed by atoms with van der Waals surface area (Å²) in [6.45, 7) is 4.26. The number of hydrogen-bond donors (Lipinski definition) is 1. The number of benzene rings is 1. The zero-order chi connectivity index (χ0) is 18.4. The molecule has 0 radical (unpaired) electrons. The lowest BCUT2D eigenvalue weighted by atomic mass is 9.98. The van der Waals surface area contributed by atoms with E-state index in [2.05, 4.69) is 64.1 Å². The molecule has 0 saturated heterocycles. The van der Waals surface area contributed by atoms with Crippen molar-refractivity contribution in [1.29, 1.82) is 0 Å². The van der Waals surface area contributed by atoms with Crippen LogP contribution in [0.5, 0.6) is 0 Å². The number of aromatic nitrogens is 5. The van der Waals surface area contributed by atoms with Gasteiger partial charge in [-0.05, 0) is 60.8 Å². The van der Waals surface area contributed by atoms with Crippen molar-refractivity contribution in [3.05, 3.63) is 71.8 Å². The Hall–Kier alpha value is -2.77. The molecule has 7 heteroatoms. The number of rotatable bonds is 3. The summed E-state index contributed by atoms with van der Waals surface area (Å²) in [5.74, 6) is 0.898. The summed E-state index contributed by atoms with van der Waals surface area (Å²) >= 11 is 1.61. The Morgan fingerprint density at radius 2 is 2.07 bits per heavy atom. The molecule has 1 aliphatic heterocycles. The summed E-state index contributed by atoms with van der Waals surface area (Å²) in [7, 11) is 0. The first-order valence-corrected chi connectivity index (χ1v) is 9.72. The highest BCUT2D eigenvalue weighted by molar-refractivity contribution is 8.06. The van der Waals surface area contributed by atoms with Crippen LogP contribution in [0.25, 0.3) is 21.5 Å². The Kier molecular flexibility index (Phi) is 3.91. The van der Waals surface area contributed by atoms with E-state index in [1.807, 2.05) is 28.9 Å². The lowest BCUT2D eigenvalue weighted by Crippen LogP contribution is -2.09. The molecule has 4 heterocycles. The number of hydrogen-bond acceptors (Lipinski definition) is 6. The van der Waals surface area contributed by atoms with E-state index in [1.165, 1.54) is 5.56 Å². The molecule has 0 spiro atoms. The van der Waals surface area contributed by atoms with Gasteiger partial charge in [0.25, 0.3) is 0 Å². The second-order valence-corrected chi connectivity index (χ2v) is 7.64. The van der Waals surface area contributed by atoms with Gasteiger partial charge in [-0.25, -0.2) is 0 Å². The van der Waals surface area contributed by atoms with Crippen LogP contribution in [0.15, 0.2) is 54.7 Å². The summed E-state index contributed by atoms with van der Waals surface area (Å²) < 4.78 is 5.19. The van der Waals surface area contributed by atoms with Crippen LogP contribution in [0.2, 0.25) is 0 Å². The van der Waals surface area contributed by atoms with E-state index in [1.54, 1.807) is 11.9 Å². The molecule has 27 heavy (non-hydrogen) atoms. The van der Waals surface area contributed by atoms with Crippen LogP contribution < -0.4 is 4.72 Å². The van der Waals surface area contributed by atoms with E-state index >= 15 is 0 Å². The SMILES string of the molecule is CC1C=C(c2ccc3nnc(C(C)c4ccc5ncccc5c4)n3n2)SN1. The molecule has 6 nitrogen and oxygen atoms in total. The Morgan fingerprint density at radius 1 is 1.15 bits per heavy atom. The van der Waals surface area contributed by atoms with Gasteiger partial charge in [0.05, 0.1) is 11.2 Å². The third-order valence-electron chi connectivity index (χ3n) is 4.81. The standard InChI is InChI=1S/C20H18N6S/c1-12-10-18(27-25-12)17-7-8-19-22-23-20(26(19)24-17)13(2)14-5-6-16-15(11-14)4-3-9-21-16/h3-13,25H,1-2H3. The molecule has 0 aliphatic carbocycles. The number of nitrogens with one attached hydrogen (secondary N) is 1. The van der Waals surface area contributed by atoms with Gasteiger partial charge in [0.1, 0.15) is 0 Å². The van der Waals surface area contributed by atoms with Crippen LogP contribution in [-0.2, 0) is 0 Å². The third kappa shape index (κ3) is 2.89. The van der Waals surface area contributed by atoms with Crippen molar-refractivity contribution in [2.24, 2.45) is 0 Å². The van der Waals surface area contributed by atoms with Crippen molar-refractivity contribution in [3.63, 3.8) is 0 Å². The zero-order valence-electron chi connectivity index (χ0n) is 15.0. The molecule has 1 aromatic carbocycles. The summed E-state index contributed by atoms with van der Waals surface area (Å²) in [5, 5.41) is 14.7. The minimum Gasteiger partial charge on any atom is -0.256 e. The number of nitrogens with zero attached hydrogens (tertiary/aromatic N) is 5. The maximum absolute atomic E-state index is 4.81. The molecule has 1 aliphatic rings. The molecular weight excluding hydrogens is 356 g/mol. The second-order valence-electron chi connectivity index (χ2n) is 6.76. The molecule has 0 bridgehead atoms. The number of pyridine rings is 1. The Morgan fingerprint density at radius 3 is 2.93 bits per heavy atom. The van der Waals surface area contributed by atoms with E-state index in [0.717, 1.165) is 33.0 Å². The van der Waals surface area contributed by atoms with Crippen LogP contribution in [-0.4, -0.2) is 30.8 Å². The first-order chi connectivity index (χ1) is 13.2. The summed E-state index contributed by atoms with van der Waals surface area (Å²) in [4.78, 5) is 5.53. The smallest absolute Gasteiger partial charge is 0.177 e. The quantitative estimate of drug-likeness (QED) is 0.550. The van der Waals surface area contributed by atoms with Crippen LogP contribution in [0.3, 0.4) is 0 Å². The highest BCUT2D eigenvalue weighted by atomic mass is 32.2. The molecule has 1 N–H and O–H groups in total. The average molecular weight is 374 g/mol. The van der Waals surface area contributed by atoms with Crippen molar-refractivity contribution >= 4 is 33.4 Å². The van der Waals surface area contributed by atoms with Crippen molar-refractivity contribution in [3.8, 4) is 0 Å². The number of fused-ring (bicyclic) bond motifs is 2. The van der Waals surface area contributed by atoms with Gasteiger partial charge in [0, 0.05) is 28.4 Å². The lowest BCUT2D eigenvalue weighted by molar-refractivity contribution is 0.748. The molecule has 2 atom stereocenters. The van der Waals surface area contributed by atoms with E-state index in [0.29, 0.717) is 6.04 Å². The highest BCUT2D eigenvalue weighted by Crippen LogP contribution is 2.30. The van der Waals surface area contributed by atoms with Gasteiger partial charge in [-0.1, -0.05) is 19.1 Å². The molecule has 4 aromatic rings. The average Bonchev–Trinajstić information content (AvgIpc) is 3.32. The largest absolute Gasteiger partial charge is 0.256 e. The fraction of sp³-hybridized carbons (Fsp3) is 0.200. The van der Waals surface area contributed by atoms with Gasteiger partial charge in [-0.3, -0.25) is 9.71 Å². The van der Waals surface area contributed by atoms with Crippen molar-refractivity contribution in [1.82, 2.24) is 29.5 Å². The Bertz CT molecular complexity index is 1180. The summed E-state index contributed by atoms with van der Waals surface area (Å²) in [6, 6.07) is 14.7. The first kappa shape index (κ1) is 16.4.